The Hall–Kier alpha value is -0.180. The summed E-state index contributed by atoms with van der Waals surface area (Å²) in [5, 5.41) is 9.57. The van der Waals surface area contributed by atoms with Gasteiger partial charge in [-0.3, -0.25) is 4.79 Å². The zero-order valence-corrected chi connectivity index (χ0v) is 8.01. The minimum atomic E-state index is -0.568. The Bertz CT molecular complexity index is 205. The highest BCUT2D eigenvalue weighted by Crippen LogP contribution is 2.52. The first-order valence-corrected chi connectivity index (χ1v) is 5.76. The van der Waals surface area contributed by atoms with E-state index in [1.807, 2.05) is 11.8 Å². The standard InChI is InChI=1S/C9H14O2S/c1-12-8-4-5-2-6(8)7(3-5)9(10)11/h5-8H,2-4H2,1H3,(H,10,11). The molecular weight excluding hydrogens is 172 g/mol. The molecule has 0 aromatic heterocycles. The second-order valence-electron chi connectivity index (χ2n) is 3.96. The van der Waals surface area contributed by atoms with Gasteiger partial charge in [0.15, 0.2) is 0 Å². The van der Waals surface area contributed by atoms with Crippen LogP contribution >= 0.6 is 11.8 Å². The first-order chi connectivity index (χ1) is 5.72. The topological polar surface area (TPSA) is 37.3 Å². The van der Waals surface area contributed by atoms with Gasteiger partial charge in [0.05, 0.1) is 5.92 Å². The summed E-state index contributed by atoms with van der Waals surface area (Å²) in [4.78, 5) is 10.8. The molecule has 0 heterocycles. The van der Waals surface area contributed by atoms with E-state index in [0.29, 0.717) is 17.1 Å². The number of carboxylic acid groups (broad SMARTS) is 1. The largest absolute Gasteiger partial charge is 0.481 e. The maximum atomic E-state index is 10.8. The van der Waals surface area contributed by atoms with E-state index in [-0.39, 0.29) is 5.92 Å². The molecule has 0 aromatic carbocycles. The van der Waals surface area contributed by atoms with E-state index in [4.69, 9.17) is 5.11 Å². The Labute approximate surface area is 76.7 Å². The Morgan fingerprint density at radius 2 is 2.17 bits per heavy atom. The van der Waals surface area contributed by atoms with Gasteiger partial charge in [0.2, 0.25) is 0 Å². The summed E-state index contributed by atoms with van der Waals surface area (Å²) in [5.41, 5.74) is 0. The fourth-order valence-electron chi connectivity index (χ4n) is 2.84. The Morgan fingerprint density at radius 1 is 1.42 bits per heavy atom. The van der Waals surface area contributed by atoms with Crippen molar-refractivity contribution in [3.63, 3.8) is 0 Å². The van der Waals surface area contributed by atoms with Crippen LogP contribution in [-0.4, -0.2) is 22.6 Å². The molecule has 0 saturated heterocycles. The van der Waals surface area contributed by atoms with E-state index in [9.17, 15) is 4.79 Å². The second-order valence-corrected chi connectivity index (χ2v) is 5.03. The maximum absolute atomic E-state index is 10.8. The quantitative estimate of drug-likeness (QED) is 0.715. The predicted molar refractivity (Wildman–Crippen MR) is 49.3 cm³/mol. The van der Waals surface area contributed by atoms with Crippen molar-refractivity contribution in [1.29, 1.82) is 0 Å². The molecule has 12 heavy (non-hydrogen) atoms. The molecule has 2 aliphatic rings. The van der Waals surface area contributed by atoms with E-state index in [2.05, 4.69) is 6.26 Å². The molecule has 0 aliphatic heterocycles. The molecule has 0 radical (unpaired) electrons. The van der Waals surface area contributed by atoms with Gasteiger partial charge >= 0.3 is 5.97 Å². The molecule has 2 aliphatic carbocycles. The van der Waals surface area contributed by atoms with E-state index >= 15 is 0 Å². The summed E-state index contributed by atoms with van der Waals surface area (Å²) in [6.07, 6.45) is 5.47. The van der Waals surface area contributed by atoms with Crippen LogP contribution < -0.4 is 0 Å². The number of carbonyl (C=O) groups is 1. The molecule has 68 valence electrons. The van der Waals surface area contributed by atoms with Crippen molar-refractivity contribution in [2.75, 3.05) is 6.26 Å². The average molecular weight is 186 g/mol. The third-order valence-electron chi connectivity index (χ3n) is 3.37. The summed E-state index contributed by atoms with van der Waals surface area (Å²) in [6.45, 7) is 0. The van der Waals surface area contributed by atoms with Crippen LogP contribution in [0.4, 0.5) is 0 Å². The number of hydrogen-bond donors (Lipinski definition) is 1. The van der Waals surface area contributed by atoms with Gasteiger partial charge in [0, 0.05) is 5.25 Å². The molecule has 0 aromatic rings. The molecule has 2 bridgehead atoms. The first kappa shape index (κ1) is 8.42. The third-order valence-corrected chi connectivity index (χ3v) is 4.52. The highest BCUT2D eigenvalue weighted by molar-refractivity contribution is 7.99. The second kappa shape index (κ2) is 2.95. The van der Waals surface area contributed by atoms with Crippen LogP contribution in [0, 0.1) is 17.8 Å². The first-order valence-electron chi connectivity index (χ1n) is 4.48. The minimum absolute atomic E-state index is 0.0267. The van der Waals surface area contributed by atoms with Gasteiger partial charge < -0.3 is 5.11 Å². The molecule has 0 spiro atoms. The normalized spacial score (nSPS) is 45.1. The van der Waals surface area contributed by atoms with Crippen molar-refractivity contribution in [2.24, 2.45) is 17.8 Å². The van der Waals surface area contributed by atoms with Crippen molar-refractivity contribution >= 4 is 17.7 Å². The monoisotopic (exact) mass is 186 g/mol. The fourth-order valence-corrected chi connectivity index (χ4v) is 3.96. The minimum Gasteiger partial charge on any atom is -0.481 e. The number of thioether (sulfide) groups is 1. The van der Waals surface area contributed by atoms with Crippen molar-refractivity contribution < 1.29 is 9.90 Å². The summed E-state index contributed by atoms with van der Waals surface area (Å²) >= 11 is 1.85. The molecule has 0 amide bonds. The number of carboxylic acids is 1. The Balaban J connectivity index is 2.09. The van der Waals surface area contributed by atoms with Gasteiger partial charge in [0.25, 0.3) is 0 Å². The molecular formula is C9H14O2S. The molecule has 2 saturated carbocycles. The highest BCUT2D eigenvalue weighted by Gasteiger charge is 2.48. The van der Waals surface area contributed by atoms with Crippen LogP contribution in [0.25, 0.3) is 0 Å². The molecule has 1 N–H and O–H groups in total. The number of aliphatic carboxylic acids is 1. The lowest BCUT2D eigenvalue weighted by Crippen LogP contribution is -2.27. The van der Waals surface area contributed by atoms with Crippen molar-refractivity contribution in [1.82, 2.24) is 0 Å². The van der Waals surface area contributed by atoms with E-state index < -0.39 is 5.97 Å². The Kier molecular flexibility index (Phi) is 2.07. The molecule has 4 atom stereocenters. The van der Waals surface area contributed by atoms with E-state index in [1.165, 1.54) is 12.8 Å². The lowest BCUT2D eigenvalue weighted by atomic mass is 9.88. The predicted octanol–water partition coefficient (Wildman–Crippen LogP) is 1.85. The maximum Gasteiger partial charge on any atom is 0.306 e. The van der Waals surface area contributed by atoms with Crippen molar-refractivity contribution in [2.45, 2.75) is 24.5 Å². The van der Waals surface area contributed by atoms with Crippen molar-refractivity contribution in [3.05, 3.63) is 0 Å². The molecule has 3 heteroatoms. The molecule has 4 unspecified atom stereocenters. The van der Waals surface area contributed by atoms with Gasteiger partial charge in [0.1, 0.15) is 0 Å². The number of rotatable bonds is 2. The summed E-state index contributed by atoms with van der Waals surface area (Å²) < 4.78 is 0. The molecule has 2 rings (SSSR count). The van der Waals surface area contributed by atoms with Crippen LogP contribution in [0.15, 0.2) is 0 Å². The fraction of sp³-hybridized carbons (Fsp3) is 0.889. The van der Waals surface area contributed by atoms with Crippen LogP contribution in [0.1, 0.15) is 19.3 Å². The average Bonchev–Trinajstić information content (AvgIpc) is 2.60. The smallest absolute Gasteiger partial charge is 0.306 e. The molecule has 2 fully saturated rings. The lowest BCUT2D eigenvalue weighted by molar-refractivity contribution is -0.143. The highest BCUT2D eigenvalue weighted by atomic mass is 32.2. The number of fused-ring (bicyclic) bond motifs is 2. The van der Waals surface area contributed by atoms with Crippen molar-refractivity contribution in [3.8, 4) is 0 Å². The van der Waals surface area contributed by atoms with Crippen LogP contribution in [0.3, 0.4) is 0 Å². The summed E-state index contributed by atoms with van der Waals surface area (Å²) in [5.74, 6) is 0.596. The van der Waals surface area contributed by atoms with Gasteiger partial charge in [-0.2, -0.15) is 11.8 Å². The Morgan fingerprint density at radius 3 is 2.67 bits per heavy atom. The van der Waals surface area contributed by atoms with Gasteiger partial charge in [-0.05, 0) is 37.4 Å². The van der Waals surface area contributed by atoms with Crippen LogP contribution in [-0.2, 0) is 4.79 Å². The van der Waals surface area contributed by atoms with Crippen LogP contribution in [0.5, 0.6) is 0 Å². The molecule has 2 nitrogen and oxygen atoms in total. The summed E-state index contributed by atoms with van der Waals surface area (Å²) in [7, 11) is 0. The van der Waals surface area contributed by atoms with Crippen LogP contribution in [0.2, 0.25) is 0 Å². The summed E-state index contributed by atoms with van der Waals surface area (Å²) in [6, 6.07) is 0. The zero-order chi connectivity index (χ0) is 8.72. The number of hydrogen-bond acceptors (Lipinski definition) is 2. The van der Waals surface area contributed by atoms with Gasteiger partial charge in [-0.15, -0.1) is 0 Å². The third kappa shape index (κ3) is 1.15. The van der Waals surface area contributed by atoms with Gasteiger partial charge in [-0.25, -0.2) is 0 Å². The van der Waals surface area contributed by atoms with E-state index in [0.717, 1.165) is 6.42 Å². The SMILES string of the molecule is CSC1CC2CC(C(=O)O)C1C2. The van der Waals surface area contributed by atoms with Gasteiger partial charge in [-0.1, -0.05) is 0 Å². The zero-order valence-electron chi connectivity index (χ0n) is 7.19. The lowest BCUT2D eigenvalue weighted by Gasteiger charge is -2.24. The van der Waals surface area contributed by atoms with E-state index in [1.54, 1.807) is 0 Å².